The van der Waals surface area contributed by atoms with Crippen LogP contribution >= 0.6 is 0 Å². The Hall–Kier alpha value is -2.36. The second kappa shape index (κ2) is 8.12. The maximum Gasteiger partial charge on any atom is 0.254 e. The minimum Gasteiger partial charge on any atom is -0.488 e. The van der Waals surface area contributed by atoms with E-state index >= 15 is 0 Å². The summed E-state index contributed by atoms with van der Waals surface area (Å²) in [5, 5.41) is 0. The van der Waals surface area contributed by atoms with Gasteiger partial charge in [-0.3, -0.25) is 4.79 Å². The minimum absolute atomic E-state index is 0.0951. The maximum absolute atomic E-state index is 13.2. The zero-order valence-corrected chi connectivity index (χ0v) is 16.5. The van der Waals surface area contributed by atoms with Gasteiger partial charge in [0, 0.05) is 5.56 Å². The van der Waals surface area contributed by atoms with E-state index in [2.05, 4.69) is 27.7 Å². The third-order valence-corrected chi connectivity index (χ3v) is 4.99. The Balaban J connectivity index is 1.94. The Bertz CT molecular complexity index is 766. The minimum atomic E-state index is -0.892. The van der Waals surface area contributed by atoms with Crippen LogP contribution in [0.25, 0.3) is 0 Å². The number of hydrogen-bond donors (Lipinski definition) is 0. The van der Waals surface area contributed by atoms with E-state index in [1.54, 1.807) is 4.90 Å². The fourth-order valence-electron chi connectivity index (χ4n) is 3.33. The number of ether oxygens (including phenoxy) is 1. The number of carbonyl (C=O) groups is 1. The van der Waals surface area contributed by atoms with Crippen LogP contribution in [0.4, 0.5) is 4.39 Å². The average Bonchev–Trinajstić information content (AvgIpc) is 2.63. The number of amides is 1. The summed E-state index contributed by atoms with van der Waals surface area (Å²) in [6.07, 6.45) is -0.892. The molecule has 2 aromatic rings. The van der Waals surface area contributed by atoms with Gasteiger partial charge in [-0.2, -0.15) is 0 Å². The van der Waals surface area contributed by atoms with Crippen molar-refractivity contribution in [2.75, 3.05) is 13.1 Å². The molecule has 1 aliphatic rings. The van der Waals surface area contributed by atoms with Crippen molar-refractivity contribution in [3.05, 3.63) is 64.7 Å². The van der Waals surface area contributed by atoms with Crippen molar-refractivity contribution in [3.8, 4) is 5.75 Å². The van der Waals surface area contributed by atoms with Crippen molar-refractivity contribution >= 4 is 5.91 Å². The van der Waals surface area contributed by atoms with Crippen LogP contribution in [0.2, 0.25) is 0 Å². The van der Waals surface area contributed by atoms with Gasteiger partial charge < -0.3 is 9.64 Å². The average molecular weight is 369 g/mol. The lowest BCUT2D eigenvalue weighted by Gasteiger charge is -2.34. The molecule has 0 aromatic heterocycles. The SMILES string of the molecule is CC(C)c1cc(C(=O)N2CC(F)C2)cc(C(C)C)c1OCc1ccccc1. The third-order valence-electron chi connectivity index (χ3n) is 4.99. The van der Waals surface area contributed by atoms with Crippen molar-refractivity contribution in [2.24, 2.45) is 0 Å². The number of rotatable bonds is 6. The molecule has 1 aliphatic heterocycles. The molecular formula is C23H28FNO2. The van der Waals surface area contributed by atoms with Gasteiger partial charge in [0.25, 0.3) is 5.91 Å². The van der Waals surface area contributed by atoms with Gasteiger partial charge >= 0.3 is 0 Å². The van der Waals surface area contributed by atoms with Crippen LogP contribution in [-0.2, 0) is 6.61 Å². The van der Waals surface area contributed by atoms with Crippen LogP contribution < -0.4 is 4.74 Å². The summed E-state index contributed by atoms with van der Waals surface area (Å²) >= 11 is 0. The van der Waals surface area contributed by atoms with Crippen LogP contribution in [0.15, 0.2) is 42.5 Å². The van der Waals surface area contributed by atoms with Crippen LogP contribution in [0, 0.1) is 0 Å². The molecule has 0 spiro atoms. The molecule has 3 nitrogen and oxygen atoms in total. The highest BCUT2D eigenvalue weighted by atomic mass is 19.1. The first-order chi connectivity index (χ1) is 12.9. The summed E-state index contributed by atoms with van der Waals surface area (Å²) < 4.78 is 19.4. The molecule has 0 unspecified atom stereocenters. The fourth-order valence-corrected chi connectivity index (χ4v) is 3.33. The van der Waals surface area contributed by atoms with Crippen molar-refractivity contribution in [1.29, 1.82) is 0 Å². The van der Waals surface area contributed by atoms with Gasteiger partial charge in [-0.15, -0.1) is 0 Å². The van der Waals surface area contributed by atoms with Crippen molar-refractivity contribution in [3.63, 3.8) is 0 Å². The van der Waals surface area contributed by atoms with Gasteiger partial charge in [-0.05, 0) is 40.7 Å². The second-order valence-corrected chi connectivity index (χ2v) is 7.87. The molecule has 1 heterocycles. The first-order valence-corrected chi connectivity index (χ1v) is 9.64. The zero-order chi connectivity index (χ0) is 19.6. The van der Waals surface area contributed by atoms with Crippen molar-refractivity contribution in [2.45, 2.75) is 52.3 Å². The van der Waals surface area contributed by atoms with E-state index in [9.17, 15) is 9.18 Å². The number of nitrogens with zero attached hydrogens (tertiary/aromatic N) is 1. The van der Waals surface area contributed by atoms with Crippen LogP contribution in [-0.4, -0.2) is 30.1 Å². The van der Waals surface area contributed by atoms with E-state index in [1.807, 2.05) is 42.5 Å². The van der Waals surface area contributed by atoms with E-state index in [-0.39, 0.29) is 30.8 Å². The zero-order valence-electron chi connectivity index (χ0n) is 16.5. The Labute approximate surface area is 161 Å². The molecule has 0 N–H and O–H groups in total. The quantitative estimate of drug-likeness (QED) is 0.691. The van der Waals surface area contributed by atoms with Gasteiger partial charge in [0.05, 0.1) is 13.1 Å². The van der Waals surface area contributed by atoms with Crippen LogP contribution in [0.3, 0.4) is 0 Å². The molecule has 2 aromatic carbocycles. The molecule has 4 heteroatoms. The highest BCUT2D eigenvalue weighted by Crippen LogP contribution is 2.37. The normalized spacial score (nSPS) is 14.6. The Morgan fingerprint density at radius 2 is 1.63 bits per heavy atom. The van der Waals surface area contributed by atoms with E-state index in [1.165, 1.54) is 0 Å². The summed E-state index contributed by atoms with van der Waals surface area (Å²) in [6.45, 7) is 9.28. The number of carbonyl (C=O) groups excluding carboxylic acids is 1. The molecule has 1 saturated heterocycles. The lowest BCUT2D eigenvalue weighted by atomic mass is 9.90. The highest BCUT2D eigenvalue weighted by molar-refractivity contribution is 5.95. The largest absolute Gasteiger partial charge is 0.488 e. The molecule has 27 heavy (non-hydrogen) atoms. The number of benzene rings is 2. The van der Waals surface area contributed by atoms with Crippen LogP contribution in [0.1, 0.15) is 66.6 Å². The molecule has 0 aliphatic carbocycles. The predicted molar refractivity (Wildman–Crippen MR) is 106 cm³/mol. The second-order valence-electron chi connectivity index (χ2n) is 7.87. The number of likely N-dealkylation sites (tertiary alicyclic amines) is 1. The fraction of sp³-hybridized carbons (Fsp3) is 0.435. The molecule has 0 atom stereocenters. The Morgan fingerprint density at radius 3 is 2.11 bits per heavy atom. The van der Waals surface area contributed by atoms with Crippen molar-refractivity contribution < 1.29 is 13.9 Å². The standard InChI is InChI=1S/C23H28FNO2/c1-15(2)20-10-18(23(26)25-12-19(24)13-25)11-21(16(3)4)22(20)27-14-17-8-6-5-7-9-17/h5-11,15-16,19H,12-14H2,1-4H3. The summed E-state index contributed by atoms with van der Waals surface area (Å²) in [5.41, 5.74) is 3.79. The Morgan fingerprint density at radius 1 is 1.07 bits per heavy atom. The topological polar surface area (TPSA) is 29.5 Å². The molecule has 144 valence electrons. The lowest BCUT2D eigenvalue weighted by molar-refractivity contribution is 0.0400. The van der Waals surface area contributed by atoms with E-state index in [4.69, 9.17) is 4.74 Å². The molecule has 0 saturated carbocycles. The van der Waals surface area contributed by atoms with E-state index in [0.717, 1.165) is 22.4 Å². The monoisotopic (exact) mass is 369 g/mol. The van der Waals surface area contributed by atoms with E-state index in [0.29, 0.717) is 12.2 Å². The van der Waals surface area contributed by atoms with Gasteiger partial charge in [0.2, 0.25) is 0 Å². The van der Waals surface area contributed by atoms with Gasteiger partial charge in [-0.25, -0.2) is 4.39 Å². The smallest absolute Gasteiger partial charge is 0.254 e. The first kappa shape index (κ1) is 19.4. The number of hydrogen-bond acceptors (Lipinski definition) is 2. The van der Waals surface area contributed by atoms with Gasteiger partial charge in [-0.1, -0.05) is 58.0 Å². The summed E-state index contributed by atoms with van der Waals surface area (Å²) in [7, 11) is 0. The summed E-state index contributed by atoms with van der Waals surface area (Å²) in [4.78, 5) is 14.3. The molecule has 0 radical (unpaired) electrons. The molecule has 1 amide bonds. The van der Waals surface area contributed by atoms with E-state index < -0.39 is 6.17 Å². The first-order valence-electron chi connectivity index (χ1n) is 9.64. The third kappa shape index (κ3) is 4.32. The van der Waals surface area contributed by atoms with Gasteiger partial charge in [0.15, 0.2) is 0 Å². The highest BCUT2D eigenvalue weighted by Gasteiger charge is 2.32. The molecular weight excluding hydrogens is 341 g/mol. The Kier molecular flexibility index (Phi) is 5.83. The number of halogens is 1. The van der Waals surface area contributed by atoms with Gasteiger partial charge in [0.1, 0.15) is 18.5 Å². The van der Waals surface area contributed by atoms with Crippen molar-refractivity contribution in [1.82, 2.24) is 4.90 Å². The maximum atomic E-state index is 13.2. The van der Waals surface area contributed by atoms with Crippen LogP contribution in [0.5, 0.6) is 5.75 Å². The summed E-state index contributed by atoms with van der Waals surface area (Å²) in [6, 6.07) is 13.9. The summed E-state index contributed by atoms with van der Waals surface area (Å²) in [5.74, 6) is 1.20. The lowest BCUT2D eigenvalue weighted by Crippen LogP contribution is -2.51. The molecule has 1 fully saturated rings. The number of alkyl halides is 1. The predicted octanol–water partition coefficient (Wildman–Crippen LogP) is 5.31. The molecule has 3 rings (SSSR count). The molecule has 0 bridgehead atoms.